The van der Waals surface area contributed by atoms with Crippen LogP contribution in [0.15, 0.2) is 36.4 Å². The third-order valence-corrected chi connectivity index (χ3v) is 5.68. The zero-order chi connectivity index (χ0) is 21.0. The molecule has 2 aromatic carbocycles. The Morgan fingerprint density at radius 1 is 1.14 bits per heavy atom. The summed E-state index contributed by atoms with van der Waals surface area (Å²) in [6.45, 7) is 5.25. The molecule has 0 aromatic heterocycles. The molecule has 1 N–H and O–H groups in total. The van der Waals surface area contributed by atoms with E-state index in [0.717, 1.165) is 47.1 Å². The van der Waals surface area contributed by atoms with Gasteiger partial charge in [-0.2, -0.15) is 0 Å². The summed E-state index contributed by atoms with van der Waals surface area (Å²) in [6.07, 6.45) is 3.07. The van der Waals surface area contributed by atoms with Crippen molar-refractivity contribution in [3.8, 4) is 16.9 Å². The van der Waals surface area contributed by atoms with Crippen LogP contribution >= 0.6 is 0 Å². The first-order valence-electron chi connectivity index (χ1n) is 10.2. The van der Waals surface area contributed by atoms with E-state index in [9.17, 15) is 9.59 Å². The van der Waals surface area contributed by atoms with E-state index in [1.54, 1.807) is 13.2 Å². The number of carboxylic acids is 1. The summed E-state index contributed by atoms with van der Waals surface area (Å²) in [5, 5.41) is 9.16. The third kappa shape index (κ3) is 4.78. The Balaban J connectivity index is 2.00. The van der Waals surface area contributed by atoms with Gasteiger partial charge in [0.25, 0.3) is 0 Å². The van der Waals surface area contributed by atoms with Gasteiger partial charge in [-0.1, -0.05) is 36.2 Å². The van der Waals surface area contributed by atoms with Crippen LogP contribution in [0.1, 0.15) is 42.9 Å². The van der Waals surface area contributed by atoms with Gasteiger partial charge in [0.15, 0.2) is 0 Å². The quantitative estimate of drug-likeness (QED) is 0.717. The van der Waals surface area contributed by atoms with E-state index in [4.69, 9.17) is 9.84 Å². The summed E-state index contributed by atoms with van der Waals surface area (Å²) in [6, 6.07) is 11.7. The number of aliphatic carboxylic acids is 1. The van der Waals surface area contributed by atoms with Crippen LogP contribution in [0.4, 0.5) is 0 Å². The van der Waals surface area contributed by atoms with Crippen LogP contribution in [0, 0.1) is 12.8 Å². The van der Waals surface area contributed by atoms with Gasteiger partial charge in [-0.05, 0) is 55.5 Å². The highest BCUT2D eigenvalue weighted by Gasteiger charge is 2.29. The van der Waals surface area contributed by atoms with Gasteiger partial charge in [0.2, 0.25) is 5.91 Å². The van der Waals surface area contributed by atoms with Gasteiger partial charge in [0, 0.05) is 24.6 Å². The number of amides is 1. The summed E-state index contributed by atoms with van der Waals surface area (Å²) in [5.41, 5.74) is 4.72. The molecular weight excluding hydrogens is 366 g/mol. The average molecular weight is 395 g/mol. The van der Waals surface area contributed by atoms with Crippen molar-refractivity contribution in [2.75, 3.05) is 13.7 Å². The van der Waals surface area contributed by atoms with Crippen LogP contribution in [-0.2, 0) is 22.6 Å². The number of nitrogens with zero attached hydrogens (tertiary/aromatic N) is 1. The maximum absolute atomic E-state index is 12.8. The van der Waals surface area contributed by atoms with Crippen LogP contribution in [-0.4, -0.2) is 35.5 Å². The van der Waals surface area contributed by atoms with Gasteiger partial charge in [0.05, 0.1) is 13.5 Å². The Morgan fingerprint density at radius 2 is 1.90 bits per heavy atom. The molecule has 0 bridgehead atoms. The Labute approximate surface area is 172 Å². The number of carbonyl (C=O) groups excluding carboxylic acids is 1. The lowest BCUT2D eigenvalue weighted by molar-refractivity contribution is -0.138. The molecule has 1 saturated carbocycles. The van der Waals surface area contributed by atoms with E-state index in [1.165, 1.54) is 0 Å². The second kappa shape index (κ2) is 9.12. The molecule has 0 aliphatic heterocycles. The van der Waals surface area contributed by atoms with E-state index in [2.05, 4.69) is 6.07 Å². The maximum Gasteiger partial charge on any atom is 0.307 e. The smallest absolute Gasteiger partial charge is 0.307 e. The number of hydrogen-bond donors (Lipinski definition) is 1. The first kappa shape index (κ1) is 20.9. The molecule has 5 nitrogen and oxygen atoms in total. The first-order chi connectivity index (χ1) is 13.9. The standard InChI is InChI=1S/C24H29NO4/c1-4-25(24(28)18-6-5-7-18)15-19-12-16(2)8-10-20(19)21-13-17(14-23(26)27)9-11-22(21)29-3/h8-13,18H,4-7,14-15H2,1-3H3,(H,26,27). The number of aryl methyl sites for hydroxylation is 1. The number of benzene rings is 2. The van der Waals surface area contributed by atoms with Gasteiger partial charge >= 0.3 is 5.97 Å². The van der Waals surface area contributed by atoms with Crippen molar-refractivity contribution >= 4 is 11.9 Å². The van der Waals surface area contributed by atoms with Crippen molar-refractivity contribution in [3.05, 3.63) is 53.1 Å². The molecule has 0 heterocycles. The highest BCUT2D eigenvalue weighted by Crippen LogP contribution is 2.35. The van der Waals surface area contributed by atoms with Gasteiger partial charge in [0.1, 0.15) is 5.75 Å². The van der Waals surface area contributed by atoms with E-state index in [1.807, 2.05) is 43.0 Å². The molecule has 1 aliphatic carbocycles. The van der Waals surface area contributed by atoms with E-state index >= 15 is 0 Å². The van der Waals surface area contributed by atoms with Crippen molar-refractivity contribution in [2.24, 2.45) is 5.92 Å². The summed E-state index contributed by atoms with van der Waals surface area (Å²) in [7, 11) is 1.61. The fraction of sp³-hybridized carbons (Fsp3) is 0.417. The van der Waals surface area contributed by atoms with Crippen LogP contribution in [0.2, 0.25) is 0 Å². The molecule has 0 atom stereocenters. The summed E-state index contributed by atoms with van der Waals surface area (Å²) < 4.78 is 5.56. The van der Waals surface area contributed by atoms with Crippen molar-refractivity contribution in [3.63, 3.8) is 0 Å². The lowest BCUT2D eigenvalue weighted by Crippen LogP contribution is -2.38. The van der Waals surface area contributed by atoms with Gasteiger partial charge in [-0.15, -0.1) is 0 Å². The average Bonchev–Trinajstić information content (AvgIpc) is 2.64. The fourth-order valence-corrected chi connectivity index (χ4v) is 3.83. The SMILES string of the molecule is CCN(Cc1cc(C)ccc1-c1cc(CC(=O)O)ccc1OC)C(=O)C1CCC1. The van der Waals surface area contributed by atoms with Crippen LogP contribution in [0.5, 0.6) is 5.75 Å². The molecule has 0 radical (unpaired) electrons. The van der Waals surface area contributed by atoms with Crippen LogP contribution in [0.3, 0.4) is 0 Å². The largest absolute Gasteiger partial charge is 0.496 e. The third-order valence-electron chi connectivity index (χ3n) is 5.68. The normalized spacial score (nSPS) is 13.6. The van der Waals surface area contributed by atoms with E-state index in [-0.39, 0.29) is 18.2 Å². The maximum atomic E-state index is 12.8. The Kier molecular flexibility index (Phi) is 6.57. The molecule has 154 valence electrons. The lowest BCUT2D eigenvalue weighted by Gasteiger charge is -2.31. The molecule has 0 saturated heterocycles. The number of carboxylic acid groups (broad SMARTS) is 1. The predicted octanol–water partition coefficient (Wildman–Crippen LogP) is 4.45. The minimum atomic E-state index is -0.867. The minimum Gasteiger partial charge on any atom is -0.496 e. The monoisotopic (exact) mass is 395 g/mol. The van der Waals surface area contributed by atoms with Gasteiger partial charge in [-0.25, -0.2) is 0 Å². The second-order valence-corrected chi connectivity index (χ2v) is 7.75. The molecule has 29 heavy (non-hydrogen) atoms. The summed E-state index contributed by atoms with van der Waals surface area (Å²) >= 11 is 0. The van der Waals surface area contributed by atoms with Gasteiger partial charge < -0.3 is 14.7 Å². The van der Waals surface area contributed by atoms with Crippen molar-refractivity contribution in [1.82, 2.24) is 4.90 Å². The fourth-order valence-electron chi connectivity index (χ4n) is 3.83. The van der Waals surface area contributed by atoms with Crippen molar-refractivity contribution < 1.29 is 19.4 Å². The van der Waals surface area contributed by atoms with Crippen molar-refractivity contribution in [1.29, 1.82) is 0 Å². The Bertz CT molecular complexity index is 902. The molecule has 0 spiro atoms. The van der Waals surface area contributed by atoms with Crippen molar-refractivity contribution in [2.45, 2.75) is 46.1 Å². The zero-order valence-electron chi connectivity index (χ0n) is 17.4. The number of methoxy groups -OCH3 is 1. The molecular formula is C24H29NO4. The molecule has 0 unspecified atom stereocenters. The first-order valence-corrected chi connectivity index (χ1v) is 10.2. The molecule has 1 fully saturated rings. The highest BCUT2D eigenvalue weighted by atomic mass is 16.5. The summed E-state index contributed by atoms with van der Waals surface area (Å²) in [5.74, 6) is 0.223. The topological polar surface area (TPSA) is 66.8 Å². The lowest BCUT2D eigenvalue weighted by atomic mass is 9.84. The summed E-state index contributed by atoms with van der Waals surface area (Å²) in [4.78, 5) is 25.9. The van der Waals surface area contributed by atoms with E-state index in [0.29, 0.717) is 18.8 Å². The zero-order valence-corrected chi connectivity index (χ0v) is 17.4. The highest BCUT2D eigenvalue weighted by molar-refractivity contribution is 5.81. The number of ether oxygens (including phenoxy) is 1. The number of rotatable bonds is 8. The molecule has 1 amide bonds. The molecule has 2 aromatic rings. The number of hydrogen-bond acceptors (Lipinski definition) is 3. The molecule has 5 heteroatoms. The van der Waals surface area contributed by atoms with Crippen LogP contribution in [0.25, 0.3) is 11.1 Å². The predicted molar refractivity (Wildman–Crippen MR) is 113 cm³/mol. The van der Waals surface area contributed by atoms with Crippen LogP contribution < -0.4 is 4.74 Å². The molecule has 1 aliphatic rings. The minimum absolute atomic E-state index is 0.0422. The second-order valence-electron chi connectivity index (χ2n) is 7.75. The number of carbonyl (C=O) groups is 2. The Morgan fingerprint density at radius 3 is 2.48 bits per heavy atom. The Hall–Kier alpha value is -2.82. The van der Waals surface area contributed by atoms with Gasteiger partial charge in [-0.3, -0.25) is 9.59 Å². The van der Waals surface area contributed by atoms with E-state index < -0.39 is 5.97 Å². The molecule has 3 rings (SSSR count).